The summed E-state index contributed by atoms with van der Waals surface area (Å²) >= 11 is 0. The first-order chi connectivity index (χ1) is 8.57. The standard InChI is InChI=1S/C13H20FNO3S/c1-9-7-11(18-6-5-14)10(13(2,3)4)8-12(9)19(15,16)17/h7-8H,5-6H2,1-4H3,(H2,15,16,17). The molecule has 0 unspecified atom stereocenters. The first-order valence-corrected chi connectivity index (χ1v) is 7.48. The lowest BCUT2D eigenvalue weighted by Crippen LogP contribution is -2.19. The van der Waals surface area contributed by atoms with Gasteiger partial charge in [0.2, 0.25) is 10.0 Å². The number of nitrogens with two attached hydrogens (primary N) is 1. The molecule has 2 N–H and O–H groups in total. The van der Waals surface area contributed by atoms with E-state index in [1.165, 1.54) is 6.07 Å². The quantitative estimate of drug-likeness (QED) is 0.924. The highest BCUT2D eigenvalue weighted by molar-refractivity contribution is 7.89. The number of hydrogen-bond acceptors (Lipinski definition) is 3. The zero-order chi connectivity index (χ0) is 14.8. The molecular weight excluding hydrogens is 269 g/mol. The third-order valence-corrected chi connectivity index (χ3v) is 3.78. The summed E-state index contributed by atoms with van der Waals surface area (Å²) in [6.07, 6.45) is 0. The molecule has 0 amide bonds. The highest BCUT2D eigenvalue weighted by atomic mass is 32.2. The number of primary sulfonamides is 1. The first kappa shape index (κ1) is 15.9. The van der Waals surface area contributed by atoms with E-state index in [-0.39, 0.29) is 16.9 Å². The SMILES string of the molecule is Cc1cc(OCCF)c(C(C)(C)C)cc1S(N)(=O)=O. The number of halogens is 1. The molecule has 0 spiro atoms. The van der Waals surface area contributed by atoms with Crippen LogP contribution in [0.1, 0.15) is 31.9 Å². The molecule has 1 rings (SSSR count). The summed E-state index contributed by atoms with van der Waals surface area (Å²) < 4.78 is 40.7. The zero-order valence-corrected chi connectivity index (χ0v) is 12.5. The first-order valence-electron chi connectivity index (χ1n) is 5.94. The van der Waals surface area contributed by atoms with Gasteiger partial charge < -0.3 is 4.74 Å². The highest BCUT2D eigenvalue weighted by Gasteiger charge is 2.23. The van der Waals surface area contributed by atoms with Gasteiger partial charge in [-0.1, -0.05) is 20.8 Å². The molecule has 0 saturated carbocycles. The summed E-state index contributed by atoms with van der Waals surface area (Å²) in [6.45, 7) is 6.75. The van der Waals surface area contributed by atoms with Gasteiger partial charge in [-0.3, -0.25) is 0 Å². The smallest absolute Gasteiger partial charge is 0.238 e. The van der Waals surface area contributed by atoms with E-state index in [0.29, 0.717) is 16.9 Å². The van der Waals surface area contributed by atoms with Gasteiger partial charge in [0.25, 0.3) is 0 Å². The van der Waals surface area contributed by atoms with Crippen molar-refractivity contribution in [3.05, 3.63) is 23.3 Å². The van der Waals surface area contributed by atoms with Crippen LogP contribution < -0.4 is 9.88 Å². The third-order valence-electron chi connectivity index (χ3n) is 2.73. The van der Waals surface area contributed by atoms with Crippen molar-refractivity contribution in [1.82, 2.24) is 0 Å². The summed E-state index contributed by atoms with van der Waals surface area (Å²) in [7, 11) is -3.78. The molecule has 108 valence electrons. The molecule has 0 saturated heterocycles. The number of sulfonamides is 1. The maximum Gasteiger partial charge on any atom is 0.238 e. The molecule has 0 heterocycles. The van der Waals surface area contributed by atoms with Gasteiger partial charge in [0, 0.05) is 5.56 Å². The maximum atomic E-state index is 12.2. The molecule has 6 heteroatoms. The van der Waals surface area contributed by atoms with E-state index < -0.39 is 16.7 Å². The molecule has 0 fully saturated rings. The molecule has 0 atom stereocenters. The van der Waals surface area contributed by atoms with Gasteiger partial charge in [-0.15, -0.1) is 0 Å². The third kappa shape index (κ3) is 3.91. The van der Waals surface area contributed by atoms with E-state index in [9.17, 15) is 12.8 Å². The van der Waals surface area contributed by atoms with Crippen LogP contribution in [0.4, 0.5) is 4.39 Å². The molecule has 0 aromatic heterocycles. The molecule has 0 radical (unpaired) electrons. The molecule has 0 aliphatic rings. The van der Waals surface area contributed by atoms with Gasteiger partial charge in [0.1, 0.15) is 19.0 Å². The van der Waals surface area contributed by atoms with Crippen LogP contribution in [0, 0.1) is 6.92 Å². The average molecular weight is 289 g/mol. The minimum Gasteiger partial charge on any atom is -0.491 e. The average Bonchev–Trinajstić information content (AvgIpc) is 2.22. The lowest BCUT2D eigenvalue weighted by molar-refractivity contribution is 0.267. The Morgan fingerprint density at radius 1 is 1.32 bits per heavy atom. The minimum absolute atomic E-state index is 0.0583. The van der Waals surface area contributed by atoms with Gasteiger partial charge in [0.15, 0.2) is 0 Å². The minimum atomic E-state index is -3.78. The van der Waals surface area contributed by atoms with E-state index in [0.717, 1.165) is 0 Å². The molecule has 0 bridgehead atoms. The Kier molecular flexibility index (Phi) is 4.58. The van der Waals surface area contributed by atoms with Crippen LogP contribution in [0.2, 0.25) is 0 Å². The van der Waals surface area contributed by atoms with Crippen molar-refractivity contribution in [2.45, 2.75) is 38.0 Å². The number of rotatable bonds is 4. The van der Waals surface area contributed by atoms with Crippen molar-refractivity contribution in [2.75, 3.05) is 13.3 Å². The summed E-state index contributed by atoms with van der Waals surface area (Å²) in [6, 6.07) is 3.11. The monoisotopic (exact) mass is 289 g/mol. The largest absolute Gasteiger partial charge is 0.491 e. The van der Waals surface area contributed by atoms with E-state index in [2.05, 4.69) is 0 Å². The number of alkyl halides is 1. The molecule has 1 aromatic carbocycles. The highest BCUT2D eigenvalue weighted by Crippen LogP contribution is 2.34. The van der Waals surface area contributed by atoms with E-state index in [1.54, 1.807) is 13.0 Å². The lowest BCUT2D eigenvalue weighted by Gasteiger charge is -2.24. The van der Waals surface area contributed by atoms with Gasteiger partial charge >= 0.3 is 0 Å². The zero-order valence-electron chi connectivity index (χ0n) is 11.7. The summed E-state index contributed by atoms with van der Waals surface area (Å²) in [4.78, 5) is 0.0741. The Hall–Kier alpha value is -1.14. The number of benzene rings is 1. The fourth-order valence-electron chi connectivity index (χ4n) is 1.82. The molecular formula is C13H20FNO3S. The van der Waals surface area contributed by atoms with E-state index in [4.69, 9.17) is 9.88 Å². The van der Waals surface area contributed by atoms with Gasteiger partial charge in [0.05, 0.1) is 4.90 Å². The van der Waals surface area contributed by atoms with Crippen molar-refractivity contribution in [3.8, 4) is 5.75 Å². The predicted octanol–water partition coefficient (Wildman–Crippen LogP) is 2.29. The van der Waals surface area contributed by atoms with Crippen LogP contribution in [-0.4, -0.2) is 21.7 Å². The van der Waals surface area contributed by atoms with E-state index in [1.807, 2.05) is 20.8 Å². The summed E-state index contributed by atoms with van der Waals surface area (Å²) in [5.74, 6) is 0.495. The Morgan fingerprint density at radius 3 is 2.32 bits per heavy atom. The van der Waals surface area contributed by atoms with Crippen molar-refractivity contribution in [1.29, 1.82) is 0 Å². The Bertz CT molecular complexity index is 562. The van der Waals surface area contributed by atoms with Crippen LogP contribution in [0.5, 0.6) is 5.75 Å². The van der Waals surface area contributed by atoms with Crippen LogP contribution in [0.15, 0.2) is 17.0 Å². The van der Waals surface area contributed by atoms with Gasteiger partial charge in [-0.25, -0.2) is 17.9 Å². The van der Waals surface area contributed by atoms with Gasteiger partial charge in [-0.2, -0.15) is 0 Å². The summed E-state index contributed by atoms with van der Waals surface area (Å²) in [5.41, 5.74) is 0.846. The topological polar surface area (TPSA) is 69.4 Å². The normalized spacial score (nSPS) is 12.5. The Labute approximate surface area is 113 Å². The van der Waals surface area contributed by atoms with Crippen LogP contribution >= 0.6 is 0 Å². The molecule has 1 aromatic rings. The maximum absolute atomic E-state index is 12.2. The lowest BCUT2D eigenvalue weighted by atomic mass is 9.86. The molecule has 4 nitrogen and oxygen atoms in total. The predicted molar refractivity (Wildman–Crippen MR) is 72.7 cm³/mol. The van der Waals surface area contributed by atoms with Crippen molar-refractivity contribution >= 4 is 10.0 Å². The molecule has 0 aliphatic carbocycles. The van der Waals surface area contributed by atoms with E-state index >= 15 is 0 Å². The fraction of sp³-hybridized carbons (Fsp3) is 0.538. The van der Waals surface area contributed by atoms with Crippen molar-refractivity contribution < 1.29 is 17.5 Å². The second-order valence-electron chi connectivity index (χ2n) is 5.45. The number of hydrogen-bond donors (Lipinski definition) is 1. The van der Waals surface area contributed by atoms with Crippen molar-refractivity contribution in [3.63, 3.8) is 0 Å². The second-order valence-corrected chi connectivity index (χ2v) is 6.98. The van der Waals surface area contributed by atoms with Crippen LogP contribution in [0.25, 0.3) is 0 Å². The van der Waals surface area contributed by atoms with Crippen LogP contribution in [-0.2, 0) is 15.4 Å². The fourth-order valence-corrected chi connectivity index (χ4v) is 2.61. The summed E-state index contributed by atoms with van der Waals surface area (Å²) in [5, 5.41) is 5.19. The number of ether oxygens (including phenoxy) is 1. The van der Waals surface area contributed by atoms with Crippen LogP contribution in [0.3, 0.4) is 0 Å². The Balaban J connectivity index is 3.46. The molecule has 0 aliphatic heterocycles. The Morgan fingerprint density at radius 2 is 1.89 bits per heavy atom. The molecule has 19 heavy (non-hydrogen) atoms. The van der Waals surface area contributed by atoms with Gasteiger partial charge in [-0.05, 0) is 30.0 Å². The van der Waals surface area contributed by atoms with Crippen molar-refractivity contribution in [2.24, 2.45) is 5.14 Å². The number of aryl methyl sites for hydroxylation is 1. The second kappa shape index (κ2) is 5.46.